The molecule has 39 heavy (non-hydrogen) atoms. The summed E-state index contributed by atoms with van der Waals surface area (Å²) in [5.41, 5.74) is 3.98. The van der Waals surface area contributed by atoms with Crippen molar-refractivity contribution in [1.82, 2.24) is 19.4 Å². The molecule has 11 heteroatoms. The number of benzene rings is 1. The molecule has 5 aliphatic rings. The lowest BCUT2D eigenvalue weighted by molar-refractivity contribution is -0.389. The van der Waals surface area contributed by atoms with Gasteiger partial charge in [0, 0.05) is 32.6 Å². The molecule has 202 valence electrons. The third-order valence-electron chi connectivity index (χ3n) is 9.91. The third kappa shape index (κ3) is 3.41. The Morgan fingerprint density at radius 3 is 2.44 bits per heavy atom. The number of nitrogens with zero attached hydrogens (tertiary/aromatic N) is 5. The summed E-state index contributed by atoms with van der Waals surface area (Å²) < 4.78 is 3.25. The van der Waals surface area contributed by atoms with Crippen LogP contribution < -0.4 is 15.9 Å². The van der Waals surface area contributed by atoms with Crippen LogP contribution in [-0.4, -0.2) is 43.9 Å². The lowest BCUT2D eigenvalue weighted by Crippen LogP contribution is -2.68. The molecule has 11 nitrogen and oxygen atoms in total. The van der Waals surface area contributed by atoms with E-state index in [4.69, 9.17) is 0 Å². The lowest BCUT2D eigenvalue weighted by atomic mass is 9.30. The molecule has 1 aromatic carbocycles. The maximum absolute atomic E-state index is 13.3. The number of fused-ring (bicyclic) bond motifs is 1. The number of hydrogen-bond acceptors (Lipinski definition) is 7. The van der Waals surface area contributed by atoms with Gasteiger partial charge in [0.2, 0.25) is 11.8 Å². The van der Waals surface area contributed by atoms with E-state index in [1.54, 1.807) is 28.4 Å². The van der Waals surface area contributed by atoms with Crippen LogP contribution in [0.25, 0.3) is 11.0 Å². The van der Waals surface area contributed by atoms with Crippen LogP contribution in [0.15, 0.2) is 41.3 Å². The summed E-state index contributed by atoms with van der Waals surface area (Å²) >= 11 is 0. The molecule has 3 aromatic rings. The predicted molar refractivity (Wildman–Crippen MR) is 142 cm³/mol. The van der Waals surface area contributed by atoms with Crippen molar-refractivity contribution in [2.45, 2.75) is 56.4 Å². The Balaban J connectivity index is 1.09. The molecule has 1 atom stereocenters. The van der Waals surface area contributed by atoms with Gasteiger partial charge in [-0.3, -0.25) is 24.0 Å². The molecule has 1 N–H and O–H groups in total. The first-order valence-electron chi connectivity index (χ1n) is 13.6. The normalized spacial score (nSPS) is 28.6. The van der Waals surface area contributed by atoms with Crippen LogP contribution in [0.4, 0.5) is 11.5 Å². The SMILES string of the molecule is Cn1c(=O)n(C2CCC(=O)NC2=O)c2cccc(C34CC(C5CCN(c6ccc([N+](=O)[O-])nc6)CC5)(C3)C4)c21. The van der Waals surface area contributed by atoms with E-state index in [0.717, 1.165) is 61.9 Å². The maximum Gasteiger partial charge on any atom is 0.363 e. The molecule has 2 aromatic heterocycles. The third-order valence-corrected chi connectivity index (χ3v) is 9.91. The van der Waals surface area contributed by atoms with Crippen LogP contribution >= 0.6 is 0 Å². The van der Waals surface area contributed by atoms with Gasteiger partial charge in [0.25, 0.3) is 0 Å². The average molecular weight is 531 g/mol. The summed E-state index contributed by atoms with van der Waals surface area (Å²) in [5.74, 6) is -0.197. The Bertz CT molecular complexity index is 1580. The molecule has 4 heterocycles. The van der Waals surface area contributed by atoms with Crippen molar-refractivity contribution in [1.29, 1.82) is 0 Å². The standard InChI is InChI=1S/C28H30N6O5/c1-31-24-19(3-2-4-20(24)33(26(31)37)21-6-8-23(35)30-25(21)36)28-14-27(15-28,16-28)17-9-11-32(12-10-17)18-5-7-22(29-13-18)34(38)39/h2-5,7,13,17,21H,6,8-12,14-16H2,1H3,(H,30,35,36). The Hall–Kier alpha value is -4.02. The molecule has 2 bridgehead atoms. The molecule has 2 amide bonds. The van der Waals surface area contributed by atoms with Gasteiger partial charge in [0.15, 0.2) is 6.20 Å². The van der Waals surface area contributed by atoms with Gasteiger partial charge in [-0.2, -0.15) is 0 Å². The number of aromatic nitrogens is 3. The van der Waals surface area contributed by atoms with Crippen molar-refractivity contribution in [3.63, 3.8) is 0 Å². The highest BCUT2D eigenvalue weighted by molar-refractivity contribution is 6.00. The number of para-hydroxylation sites is 1. The molecule has 3 aliphatic carbocycles. The minimum absolute atomic E-state index is 0.0695. The molecular formula is C28H30N6O5. The van der Waals surface area contributed by atoms with E-state index in [9.17, 15) is 24.5 Å². The van der Waals surface area contributed by atoms with E-state index in [1.165, 1.54) is 11.6 Å². The fraction of sp³-hybridized carbons (Fsp3) is 0.500. The number of hydrogen-bond donors (Lipinski definition) is 1. The molecule has 1 unspecified atom stereocenters. The van der Waals surface area contributed by atoms with Crippen LogP contribution in [0.2, 0.25) is 0 Å². The Kier molecular flexibility index (Phi) is 5.08. The summed E-state index contributed by atoms with van der Waals surface area (Å²) in [6, 6.07) is 8.62. The van der Waals surface area contributed by atoms with E-state index >= 15 is 0 Å². The van der Waals surface area contributed by atoms with Crippen molar-refractivity contribution in [2.75, 3.05) is 18.0 Å². The first-order chi connectivity index (χ1) is 18.7. The Morgan fingerprint density at radius 1 is 1.05 bits per heavy atom. The van der Waals surface area contributed by atoms with E-state index < -0.39 is 16.9 Å². The zero-order chi connectivity index (χ0) is 27.1. The van der Waals surface area contributed by atoms with Crippen molar-refractivity contribution in [3.05, 3.63) is 62.7 Å². The Labute approximate surface area is 224 Å². The molecule has 5 fully saturated rings. The van der Waals surface area contributed by atoms with Gasteiger partial charge in [0.1, 0.15) is 6.04 Å². The summed E-state index contributed by atoms with van der Waals surface area (Å²) in [4.78, 5) is 54.3. The van der Waals surface area contributed by atoms with Crippen LogP contribution in [0, 0.1) is 21.4 Å². The molecule has 2 saturated heterocycles. The molecule has 0 radical (unpaired) electrons. The second-order valence-corrected chi connectivity index (χ2v) is 11.9. The fourth-order valence-corrected chi connectivity index (χ4v) is 8.10. The van der Waals surface area contributed by atoms with Gasteiger partial charge in [0.05, 0.1) is 16.7 Å². The fourth-order valence-electron chi connectivity index (χ4n) is 8.10. The Morgan fingerprint density at radius 2 is 1.79 bits per heavy atom. The summed E-state index contributed by atoms with van der Waals surface area (Å²) in [6.45, 7) is 1.83. The van der Waals surface area contributed by atoms with Gasteiger partial charge >= 0.3 is 11.5 Å². The molecule has 2 aliphatic heterocycles. The summed E-state index contributed by atoms with van der Waals surface area (Å²) in [7, 11) is 1.78. The topological polar surface area (TPSA) is 132 Å². The van der Waals surface area contributed by atoms with E-state index in [1.807, 2.05) is 12.1 Å². The highest BCUT2D eigenvalue weighted by Crippen LogP contribution is 2.77. The van der Waals surface area contributed by atoms with Crippen LogP contribution in [-0.2, 0) is 22.1 Å². The number of nitro groups is 1. The first kappa shape index (κ1) is 24.1. The molecule has 0 spiro atoms. The summed E-state index contributed by atoms with van der Waals surface area (Å²) in [6.07, 6.45) is 7.66. The van der Waals surface area contributed by atoms with E-state index in [-0.39, 0.29) is 29.3 Å². The highest BCUT2D eigenvalue weighted by Gasteiger charge is 2.70. The van der Waals surface area contributed by atoms with E-state index in [0.29, 0.717) is 17.8 Å². The van der Waals surface area contributed by atoms with Crippen molar-refractivity contribution < 1.29 is 14.5 Å². The molecular weight excluding hydrogens is 500 g/mol. The lowest BCUT2D eigenvalue weighted by Gasteiger charge is -2.74. The van der Waals surface area contributed by atoms with Gasteiger partial charge in [-0.15, -0.1) is 0 Å². The van der Waals surface area contributed by atoms with Gasteiger partial charge in [-0.05, 0) is 82.9 Å². The van der Waals surface area contributed by atoms with Crippen molar-refractivity contribution >= 4 is 34.4 Å². The number of rotatable bonds is 5. The second kappa shape index (κ2) is 8.24. The second-order valence-electron chi connectivity index (χ2n) is 11.9. The maximum atomic E-state index is 13.3. The number of imidazole rings is 1. The molecule has 3 saturated carbocycles. The van der Waals surface area contributed by atoms with Gasteiger partial charge in [-0.25, -0.2) is 4.79 Å². The number of piperidine rings is 2. The smallest absolute Gasteiger partial charge is 0.363 e. The zero-order valence-corrected chi connectivity index (χ0v) is 21.8. The van der Waals surface area contributed by atoms with Crippen molar-refractivity contribution in [3.8, 4) is 0 Å². The quantitative estimate of drug-likeness (QED) is 0.305. The number of anilines is 1. The highest BCUT2D eigenvalue weighted by atomic mass is 16.6. The van der Waals surface area contributed by atoms with Crippen LogP contribution in [0.1, 0.15) is 56.6 Å². The van der Waals surface area contributed by atoms with Crippen LogP contribution in [0.3, 0.4) is 0 Å². The minimum Gasteiger partial charge on any atom is -0.368 e. The number of pyridine rings is 1. The monoisotopic (exact) mass is 530 g/mol. The van der Waals surface area contributed by atoms with Crippen LogP contribution in [0.5, 0.6) is 0 Å². The molecule has 8 rings (SSSR count). The summed E-state index contributed by atoms with van der Waals surface area (Å²) in [5, 5.41) is 13.3. The zero-order valence-electron chi connectivity index (χ0n) is 21.8. The first-order valence-corrected chi connectivity index (χ1v) is 13.6. The predicted octanol–water partition coefficient (Wildman–Crippen LogP) is 2.96. The number of carbonyl (C=O) groups excluding carboxylic acids is 2. The number of nitrogens with one attached hydrogen (secondary N) is 1. The van der Waals surface area contributed by atoms with Gasteiger partial charge < -0.3 is 15.0 Å². The number of imide groups is 1. The largest absolute Gasteiger partial charge is 0.368 e. The number of aryl methyl sites for hydroxylation is 1. The number of amides is 2. The minimum atomic E-state index is -0.676. The number of carbonyl (C=O) groups is 2. The average Bonchev–Trinajstić information content (AvgIpc) is 3.13. The van der Waals surface area contributed by atoms with Gasteiger partial charge in [-0.1, -0.05) is 12.1 Å². The van der Waals surface area contributed by atoms with Crippen molar-refractivity contribution in [2.24, 2.45) is 18.4 Å². The van der Waals surface area contributed by atoms with E-state index in [2.05, 4.69) is 21.3 Å².